The van der Waals surface area contributed by atoms with E-state index in [1.165, 1.54) is 61.5 Å². The highest BCUT2D eigenvalue weighted by molar-refractivity contribution is 6.33. The molecule has 0 aliphatic carbocycles. The van der Waals surface area contributed by atoms with Gasteiger partial charge in [0.1, 0.15) is 29.5 Å². The Kier molecular flexibility index (Phi) is 11.0. The number of nitrogens with one attached hydrogen (secondary N) is 1. The molecule has 0 radical (unpaired) electrons. The maximum Gasteiger partial charge on any atom is 0.148 e. The Labute approximate surface area is 187 Å². The Morgan fingerprint density at radius 3 is 2.33 bits per heavy atom. The van der Waals surface area contributed by atoms with Crippen LogP contribution in [-0.4, -0.2) is 23.1 Å². The summed E-state index contributed by atoms with van der Waals surface area (Å²) in [7, 11) is 0. The van der Waals surface area contributed by atoms with Crippen molar-refractivity contribution in [2.45, 2.75) is 85.5 Å². The van der Waals surface area contributed by atoms with Crippen LogP contribution in [0.5, 0.6) is 5.75 Å². The van der Waals surface area contributed by atoms with Crippen LogP contribution in [0.15, 0.2) is 18.5 Å². The van der Waals surface area contributed by atoms with Crippen LogP contribution in [0.3, 0.4) is 0 Å². The van der Waals surface area contributed by atoms with Gasteiger partial charge in [0.15, 0.2) is 0 Å². The van der Waals surface area contributed by atoms with Gasteiger partial charge in [0.25, 0.3) is 0 Å². The summed E-state index contributed by atoms with van der Waals surface area (Å²) in [6, 6.07) is 4.74. The van der Waals surface area contributed by atoms with Crippen LogP contribution < -0.4 is 10.1 Å². The third-order valence-electron chi connectivity index (χ3n) is 5.41. The lowest BCUT2D eigenvalue weighted by Gasteiger charge is -2.18. The van der Waals surface area contributed by atoms with Crippen LogP contribution in [0.25, 0.3) is 0 Å². The zero-order valence-electron chi connectivity index (χ0n) is 19.2. The second-order valence-corrected chi connectivity index (χ2v) is 8.29. The van der Waals surface area contributed by atoms with Gasteiger partial charge >= 0.3 is 0 Å². The van der Waals surface area contributed by atoms with Gasteiger partial charge in [-0.3, -0.25) is 0 Å². The van der Waals surface area contributed by atoms with Crippen molar-refractivity contribution >= 4 is 17.4 Å². The van der Waals surface area contributed by atoms with Crippen molar-refractivity contribution in [3.63, 3.8) is 0 Å². The second-order valence-electron chi connectivity index (χ2n) is 7.91. The van der Waals surface area contributed by atoms with Crippen LogP contribution in [0, 0.1) is 6.92 Å². The average Bonchev–Trinajstić information content (AvgIpc) is 2.75. The van der Waals surface area contributed by atoms with Gasteiger partial charge in [0.05, 0.1) is 12.2 Å². The predicted molar refractivity (Wildman–Crippen MR) is 128 cm³/mol. The van der Waals surface area contributed by atoms with Crippen molar-refractivity contribution in [1.82, 2.24) is 9.97 Å². The van der Waals surface area contributed by atoms with E-state index in [0.29, 0.717) is 24.0 Å². The molecule has 1 heterocycles. The number of aromatic nitrogens is 2. The molecule has 0 amide bonds. The fourth-order valence-corrected chi connectivity index (χ4v) is 3.82. The van der Waals surface area contributed by atoms with Gasteiger partial charge < -0.3 is 10.1 Å². The molecule has 0 atom stereocenters. The minimum atomic E-state index is 0.572. The van der Waals surface area contributed by atoms with Crippen molar-refractivity contribution in [3.05, 3.63) is 45.9 Å². The standard InChI is InChI=1S/C25H38ClN3O/c1-5-8-10-12-20-16-21(7-3)24(22(17-20)13-11-9-6-2)30-15-14-27-25-23(26)19(4)28-18-29-25/h16-18H,5-15H2,1-4H3,(H,27,28,29). The summed E-state index contributed by atoms with van der Waals surface area (Å²) in [6.45, 7) is 9.82. The van der Waals surface area contributed by atoms with E-state index in [1.807, 2.05) is 6.92 Å². The number of unbranched alkanes of at least 4 members (excludes halogenated alkanes) is 4. The predicted octanol–water partition coefficient (Wildman–Crippen LogP) is 6.96. The summed E-state index contributed by atoms with van der Waals surface area (Å²) in [4.78, 5) is 8.33. The Balaban J connectivity index is 2.07. The van der Waals surface area contributed by atoms with Crippen molar-refractivity contribution in [2.24, 2.45) is 0 Å². The van der Waals surface area contributed by atoms with E-state index < -0.39 is 0 Å². The lowest BCUT2D eigenvalue weighted by Crippen LogP contribution is -2.15. The molecule has 1 aromatic heterocycles. The molecule has 0 spiro atoms. The van der Waals surface area contributed by atoms with Crippen LogP contribution in [0.4, 0.5) is 5.82 Å². The number of hydrogen-bond acceptors (Lipinski definition) is 4. The Hall–Kier alpha value is -1.81. The Morgan fingerprint density at radius 2 is 1.63 bits per heavy atom. The number of nitrogens with zero attached hydrogens (tertiary/aromatic N) is 2. The molecule has 1 N–H and O–H groups in total. The molecule has 2 rings (SSSR count). The monoisotopic (exact) mass is 431 g/mol. The first-order valence-corrected chi connectivity index (χ1v) is 12.0. The maximum absolute atomic E-state index is 6.31. The summed E-state index contributed by atoms with van der Waals surface area (Å²) in [5.74, 6) is 1.75. The molecular formula is C25H38ClN3O. The van der Waals surface area contributed by atoms with E-state index in [0.717, 1.165) is 30.7 Å². The van der Waals surface area contributed by atoms with Gasteiger partial charge in [-0.2, -0.15) is 0 Å². The Bertz CT molecular complexity index is 779. The van der Waals surface area contributed by atoms with Gasteiger partial charge in [0.2, 0.25) is 0 Å². The number of benzene rings is 1. The molecule has 0 saturated carbocycles. The fraction of sp³-hybridized carbons (Fsp3) is 0.600. The third kappa shape index (κ3) is 7.46. The molecule has 5 heteroatoms. The lowest BCUT2D eigenvalue weighted by atomic mass is 9.95. The van der Waals surface area contributed by atoms with Gasteiger partial charge in [-0.05, 0) is 55.7 Å². The first-order valence-electron chi connectivity index (χ1n) is 11.6. The smallest absolute Gasteiger partial charge is 0.148 e. The fourth-order valence-electron chi connectivity index (χ4n) is 3.65. The normalized spacial score (nSPS) is 11.0. The quantitative estimate of drug-likeness (QED) is 0.328. The lowest BCUT2D eigenvalue weighted by molar-refractivity contribution is 0.325. The highest BCUT2D eigenvalue weighted by Gasteiger charge is 2.12. The van der Waals surface area contributed by atoms with Gasteiger partial charge in [-0.1, -0.05) is 70.2 Å². The van der Waals surface area contributed by atoms with Crippen molar-refractivity contribution < 1.29 is 4.74 Å². The van der Waals surface area contributed by atoms with Gasteiger partial charge in [0, 0.05) is 0 Å². The van der Waals surface area contributed by atoms with E-state index in [9.17, 15) is 0 Å². The molecule has 0 aliphatic heterocycles. The molecule has 0 unspecified atom stereocenters. The summed E-state index contributed by atoms with van der Waals surface area (Å²) in [5.41, 5.74) is 4.93. The molecule has 0 aliphatic rings. The number of aryl methyl sites for hydroxylation is 4. The first-order chi connectivity index (χ1) is 14.6. The van der Waals surface area contributed by atoms with E-state index in [-0.39, 0.29) is 0 Å². The van der Waals surface area contributed by atoms with Crippen LogP contribution >= 0.6 is 11.6 Å². The van der Waals surface area contributed by atoms with Crippen LogP contribution in [-0.2, 0) is 19.3 Å². The largest absolute Gasteiger partial charge is 0.491 e. The molecule has 0 saturated heterocycles. The van der Waals surface area contributed by atoms with Crippen LogP contribution in [0.1, 0.15) is 81.7 Å². The Morgan fingerprint density at radius 1 is 0.933 bits per heavy atom. The maximum atomic E-state index is 6.31. The van der Waals surface area contributed by atoms with Crippen molar-refractivity contribution in [2.75, 3.05) is 18.5 Å². The van der Waals surface area contributed by atoms with Gasteiger partial charge in [-0.25, -0.2) is 9.97 Å². The number of halogens is 1. The van der Waals surface area contributed by atoms with E-state index in [4.69, 9.17) is 16.3 Å². The SMILES string of the molecule is CCCCCc1cc(CC)c(OCCNc2ncnc(C)c2Cl)c(CCCCC)c1. The summed E-state index contributed by atoms with van der Waals surface area (Å²) >= 11 is 6.27. The van der Waals surface area contributed by atoms with E-state index >= 15 is 0 Å². The average molecular weight is 432 g/mol. The first kappa shape index (κ1) is 24.5. The highest BCUT2D eigenvalue weighted by Crippen LogP contribution is 2.29. The molecule has 0 bridgehead atoms. The molecule has 4 nitrogen and oxygen atoms in total. The minimum absolute atomic E-state index is 0.572. The molecule has 166 valence electrons. The highest BCUT2D eigenvalue weighted by atomic mass is 35.5. The molecule has 1 aromatic carbocycles. The number of rotatable bonds is 14. The zero-order valence-corrected chi connectivity index (χ0v) is 19.9. The molecule has 0 fully saturated rings. The van der Waals surface area contributed by atoms with E-state index in [2.05, 4.69) is 48.2 Å². The van der Waals surface area contributed by atoms with Crippen molar-refractivity contribution in [1.29, 1.82) is 0 Å². The summed E-state index contributed by atoms with van der Waals surface area (Å²) in [5, 5.41) is 3.84. The zero-order chi connectivity index (χ0) is 21.8. The molecular weight excluding hydrogens is 394 g/mol. The topological polar surface area (TPSA) is 47.0 Å². The van der Waals surface area contributed by atoms with Gasteiger partial charge in [-0.15, -0.1) is 0 Å². The molecule has 30 heavy (non-hydrogen) atoms. The third-order valence-corrected chi connectivity index (χ3v) is 5.86. The minimum Gasteiger partial charge on any atom is -0.491 e. The summed E-state index contributed by atoms with van der Waals surface area (Å²) < 4.78 is 6.31. The number of ether oxygens (including phenoxy) is 1. The van der Waals surface area contributed by atoms with Crippen LogP contribution in [0.2, 0.25) is 5.02 Å². The molecule has 2 aromatic rings. The van der Waals surface area contributed by atoms with Crippen molar-refractivity contribution in [3.8, 4) is 5.75 Å². The van der Waals surface area contributed by atoms with E-state index in [1.54, 1.807) is 0 Å². The number of anilines is 1. The number of hydrogen-bond donors (Lipinski definition) is 1. The summed E-state index contributed by atoms with van der Waals surface area (Å²) in [6.07, 6.45) is 12.3. The second kappa shape index (κ2) is 13.5.